The second kappa shape index (κ2) is 7.52. The molecule has 0 aliphatic heterocycles. The molecular weight excluding hydrogens is 317 g/mol. The van der Waals surface area contributed by atoms with Gasteiger partial charge in [0.2, 0.25) is 0 Å². The number of rotatable bonds is 5. The van der Waals surface area contributed by atoms with Gasteiger partial charge in [-0.2, -0.15) is 0 Å². The van der Waals surface area contributed by atoms with Crippen molar-refractivity contribution in [2.24, 2.45) is 5.41 Å². The van der Waals surface area contributed by atoms with Crippen LogP contribution in [0.1, 0.15) is 52.8 Å². The minimum absolute atomic E-state index is 0.0274. The third-order valence-electron chi connectivity index (χ3n) is 3.59. The van der Waals surface area contributed by atoms with Crippen LogP contribution in [-0.2, 0) is 16.8 Å². The van der Waals surface area contributed by atoms with Crippen molar-refractivity contribution < 1.29 is 13.9 Å². The number of halogens is 1. The van der Waals surface area contributed by atoms with Crippen LogP contribution in [0.5, 0.6) is 11.6 Å². The molecule has 0 amide bonds. The van der Waals surface area contributed by atoms with E-state index in [9.17, 15) is 4.39 Å². The summed E-state index contributed by atoms with van der Waals surface area (Å²) >= 11 is 0. The van der Waals surface area contributed by atoms with Gasteiger partial charge in [-0.05, 0) is 40.7 Å². The Morgan fingerprint density at radius 2 is 1.56 bits per heavy atom. The second-order valence-corrected chi connectivity index (χ2v) is 8.52. The number of hydrogen-bond donors (Lipinski definition) is 0. The third kappa shape index (κ3) is 6.13. The van der Waals surface area contributed by atoms with Crippen LogP contribution < -0.4 is 4.74 Å². The molecule has 0 saturated carbocycles. The highest BCUT2D eigenvalue weighted by atomic mass is 19.1. The molecule has 1 aromatic carbocycles. The van der Waals surface area contributed by atoms with Gasteiger partial charge < -0.3 is 9.47 Å². The molecule has 0 aliphatic rings. The van der Waals surface area contributed by atoms with Gasteiger partial charge in [0.1, 0.15) is 5.75 Å². The summed E-state index contributed by atoms with van der Waals surface area (Å²) in [5, 5.41) is 0. The SMILES string of the molecule is CC(C)(C)COCc1ccc(F)c(Oc2ccc(C(C)(C)C)cc2)n1. The fourth-order valence-corrected chi connectivity index (χ4v) is 2.21. The number of pyridine rings is 1. The van der Waals surface area contributed by atoms with Gasteiger partial charge in [0.05, 0.1) is 18.9 Å². The van der Waals surface area contributed by atoms with Crippen molar-refractivity contribution in [3.05, 3.63) is 53.5 Å². The van der Waals surface area contributed by atoms with Gasteiger partial charge in [-0.1, -0.05) is 53.7 Å². The zero-order valence-electron chi connectivity index (χ0n) is 16.0. The Hall–Kier alpha value is -1.94. The molecule has 0 bridgehead atoms. The summed E-state index contributed by atoms with van der Waals surface area (Å²) in [6.45, 7) is 13.7. The van der Waals surface area contributed by atoms with Gasteiger partial charge in [-0.25, -0.2) is 9.37 Å². The molecule has 0 atom stereocenters. The first-order valence-electron chi connectivity index (χ1n) is 8.56. The lowest BCUT2D eigenvalue weighted by atomic mass is 9.87. The van der Waals surface area contributed by atoms with Crippen LogP contribution in [0.3, 0.4) is 0 Å². The Bertz CT molecular complexity index is 697. The van der Waals surface area contributed by atoms with Crippen LogP contribution in [0.2, 0.25) is 0 Å². The minimum Gasteiger partial charge on any atom is -0.436 e. The minimum atomic E-state index is -0.487. The van der Waals surface area contributed by atoms with Crippen molar-refractivity contribution in [1.29, 1.82) is 0 Å². The molecule has 1 aromatic heterocycles. The van der Waals surface area contributed by atoms with Crippen LogP contribution in [0, 0.1) is 11.2 Å². The molecule has 4 heteroatoms. The Morgan fingerprint density at radius 1 is 0.920 bits per heavy atom. The highest BCUT2D eigenvalue weighted by Crippen LogP contribution is 2.27. The maximum Gasteiger partial charge on any atom is 0.256 e. The van der Waals surface area contributed by atoms with E-state index >= 15 is 0 Å². The number of ether oxygens (including phenoxy) is 2. The molecule has 136 valence electrons. The first-order chi connectivity index (χ1) is 11.5. The molecule has 0 fully saturated rings. The van der Waals surface area contributed by atoms with E-state index in [0.717, 1.165) is 0 Å². The summed E-state index contributed by atoms with van der Waals surface area (Å²) in [7, 11) is 0. The number of benzene rings is 1. The van der Waals surface area contributed by atoms with E-state index < -0.39 is 5.82 Å². The average molecular weight is 345 g/mol. The Morgan fingerprint density at radius 3 is 2.12 bits per heavy atom. The summed E-state index contributed by atoms with van der Waals surface area (Å²) < 4.78 is 25.3. The highest BCUT2D eigenvalue weighted by Gasteiger charge is 2.15. The lowest BCUT2D eigenvalue weighted by Crippen LogP contribution is -2.14. The van der Waals surface area contributed by atoms with Crippen LogP contribution in [-0.4, -0.2) is 11.6 Å². The monoisotopic (exact) mass is 345 g/mol. The maximum atomic E-state index is 14.0. The fraction of sp³-hybridized carbons (Fsp3) is 0.476. The normalized spacial score (nSPS) is 12.3. The van der Waals surface area contributed by atoms with E-state index in [1.165, 1.54) is 11.6 Å². The van der Waals surface area contributed by atoms with Gasteiger partial charge >= 0.3 is 0 Å². The van der Waals surface area contributed by atoms with Gasteiger partial charge in [0.15, 0.2) is 5.82 Å². The van der Waals surface area contributed by atoms with Crippen LogP contribution in [0.15, 0.2) is 36.4 Å². The first kappa shape index (κ1) is 19.4. The van der Waals surface area contributed by atoms with E-state index in [4.69, 9.17) is 9.47 Å². The zero-order valence-corrected chi connectivity index (χ0v) is 16.0. The van der Waals surface area contributed by atoms with E-state index in [2.05, 4.69) is 46.5 Å². The van der Waals surface area contributed by atoms with Gasteiger partial charge in [0, 0.05) is 0 Å². The van der Waals surface area contributed by atoms with Crippen LogP contribution in [0.25, 0.3) is 0 Å². The fourth-order valence-electron chi connectivity index (χ4n) is 2.21. The molecule has 1 heterocycles. The molecule has 0 radical (unpaired) electrons. The van der Waals surface area contributed by atoms with Crippen LogP contribution in [0.4, 0.5) is 4.39 Å². The lowest BCUT2D eigenvalue weighted by Gasteiger charge is -2.19. The van der Waals surface area contributed by atoms with E-state index in [0.29, 0.717) is 24.7 Å². The Labute approximate surface area is 150 Å². The lowest BCUT2D eigenvalue weighted by molar-refractivity contribution is 0.0578. The number of aromatic nitrogens is 1. The molecule has 0 saturated heterocycles. The van der Waals surface area contributed by atoms with Crippen molar-refractivity contribution in [3.63, 3.8) is 0 Å². The predicted molar refractivity (Wildman–Crippen MR) is 98.5 cm³/mol. The van der Waals surface area contributed by atoms with Crippen molar-refractivity contribution in [2.45, 2.75) is 53.6 Å². The molecule has 2 aromatic rings. The van der Waals surface area contributed by atoms with E-state index in [-0.39, 0.29) is 16.7 Å². The topological polar surface area (TPSA) is 31.4 Å². The van der Waals surface area contributed by atoms with Gasteiger partial charge in [-0.15, -0.1) is 0 Å². The smallest absolute Gasteiger partial charge is 0.256 e. The Kier molecular flexibility index (Phi) is 5.83. The molecule has 0 unspecified atom stereocenters. The summed E-state index contributed by atoms with van der Waals surface area (Å²) in [6, 6.07) is 10.6. The summed E-state index contributed by atoms with van der Waals surface area (Å²) in [5.41, 5.74) is 1.98. The molecule has 2 rings (SSSR count). The Balaban J connectivity index is 2.07. The van der Waals surface area contributed by atoms with Crippen molar-refractivity contribution in [1.82, 2.24) is 4.98 Å². The van der Waals surface area contributed by atoms with Gasteiger partial charge in [-0.3, -0.25) is 0 Å². The molecule has 25 heavy (non-hydrogen) atoms. The molecule has 3 nitrogen and oxygen atoms in total. The molecule has 0 aliphatic carbocycles. The summed E-state index contributed by atoms with van der Waals surface area (Å²) in [4.78, 5) is 4.24. The first-order valence-corrected chi connectivity index (χ1v) is 8.56. The van der Waals surface area contributed by atoms with Crippen LogP contribution >= 0.6 is 0 Å². The molecule has 0 spiro atoms. The standard InChI is InChI=1S/C21H28FNO2/c1-20(2,3)14-24-13-16-9-12-18(22)19(23-16)25-17-10-7-15(8-11-17)21(4,5)6/h7-12H,13-14H2,1-6H3. The third-order valence-corrected chi connectivity index (χ3v) is 3.59. The average Bonchev–Trinajstić information content (AvgIpc) is 2.49. The maximum absolute atomic E-state index is 14.0. The largest absolute Gasteiger partial charge is 0.436 e. The van der Waals surface area contributed by atoms with Crippen molar-refractivity contribution in [3.8, 4) is 11.6 Å². The van der Waals surface area contributed by atoms with E-state index in [1.807, 2.05) is 24.3 Å². The zero-order chi connectivity index (χ0) is 18.7. The summed E-state index contributed by atoms with van der Waals surface area (Å²) in [5.74, 6) is 0.0481. The summed E-state index contributed by atoms with van der Waals surface area (Å²) in [6.07, 6.45) is 0. The highest BCUT2D eigenvalue weighted by molar-refractivity contribution is 5.34. The molecule has 0 N–H and O–H groups in total. The molecular formula is C21H28FNO2. The number of nitrogens with zero attached hydrogens (tertiary/aromatic N) is 1. The quantitative estimate of drug-likeness (QED) is 0.679. The van der Waals surface area contributed by atoms with Crippen molar-refractivity contribution >= 4 is 0 Å². The van der Waals surface area contributed by atoms with Crippen molar-refractivity contribution in [2.75, 3.05) is 6.61 Å². The predicted octanol–water partition coefficient (Wildman–Crippen LogP) is 5.87. The van der Waals surface area contributed by atoms with E-state index in [1.54, 1.807) is 6.07 Å². The second-order valence-electron chi connectivity index (χ2n) is 8.52. The van der Waals surface area contributed by atoms with Gasteiger partial charge in [0.25, 0.3) is 5.88 Å². The number of hydrogen-bond acceptors (Lipinski definition) is 3.